The molecule has 3 aliphatic carbocycles. The van der Waals surface area contributed by atoms with Crippen molar-refractivity contribution in [2.45, 2.75) is 71.8 Å². The summed E-state index contributed by atoms with van der Waals surface area (Å²) in [7, 11) is 0. The Balaban J connectivity index is 1.60. The number of hydrogen-bond donors (Lipinski definition) is 3. The maximum Gasteiger partial charge on any atom is 0.251 e. The molecule has 176 valence electrons. The van der Waals surface area contributed by atoms with E-state index in [2.05, 4.69) is 25.7 Å². The van der Waals surface area contributed by atoms with E-state index in [0.29, 0.717) is 36.3 Å². The van der Waals surface area contributed by atoms with Gasteiger partial charge in [0.1, 0.15) is 0 Å². The lowest BCUT2D eigenvalue weighted by molar-refractivity contribution is -0.0928. The number of amides is 1. The smallest absolute Gasteiger partial charge is 0.251 e. The quantitative estimate of drug-likeness (QED) is 0.573. The Labute approximate surface area is 193 Å². The molecule has 0 saturated heterocycles. The summed E-state index contributed by atoms with van der Waals surface area (Å²) in [4.78, 5) is 13.0. The van der Waals surface area contributed by atoms with Crippen molar-refractivity contribution in [1.82, 2.24) is 5.32 Å². The summed E-state index contributed by atoms with van der Waals surface area (Å²) in [5.74, 6) is 1.40. The average molecular weight is 440 g/mol. The van der Waals surface area contributed by atoms with Crippen molar-refractivity contribution in [3.05, 3.63) is 47.5 Å². The van der Waals surface area contributed by atoms with Crippen LogP contribution in [0.3, 0.4) is 0 Å². The number of hydrogen-bond acceptors (Lipinski definition) is 3. The third-order valence-corrected chi connectivity index (χ3v) is 9.78. The van der Waals surface area contributed by atoms with E-state index in [4.69, 9.17) is 0 Å². The molecule has 7 atom stereocenters. The van der Waals surface area contributed by atoms with Crippen LogP contribution < -0.4 is 5.32 Å². The number of aryl methyl sites for hydroxylation is 1. The fraction of sp³-hybridized carbons (Fsp3) is 0.679. The van der Waals surface area contributed by atoms with Crippen molar-refractivity contribution in [3.8, 4) is 0 Å². The van der Waals surface area contributed by atoms with Crippen LogP contribution in [0, 0.1) is 41.4 Å². The van der Waals surface area contributed by atoms with Gasteiger partial charge >= 0.3 is 0 Å². The number of carbonyl (C=O) groups is 1. The molecule has 0 spiro atoms. The van der Waals surface area contributed by atoms with Crippen LogP contribution in [0.15, 0.2) is 36.4 Å². The van der Waals surface area contributed by atoms with E-state index in [1.54, 1.807) is 0 Å². The van der Waals surface area contributed by atoms with Gasteiger partial charge in [-0.25, -0.2) is 0 Å². The lowest BCUT2D eigenvalue weighted by Gasteiger charge is -2.56. The van der Waals surface area contributed by atoms with Gasteiger partial charge in [0.2, 0.25) is 0 Å². The summed E-state index contributed by atoms with van der Waals surface area (Å²) in [6.07, 6.45) is 6.58. The number of allylic oxidation sites excluding steroid dienone is 1. The minimum atomic E-state index is -0.306. The Hall–Kier alpha value is -1.65. The highest BCUT2D eigenvalue weighted by Gasteiger charge is 2.56. The Morgan fingerprint density at radius 2 is 1.84 bits per heavy atom. The van der Waals surface area contributed by atoms with Crippen LogP contribution in [-0.2, 0) is 0 Å². The van der Waals surface area contributed by atoms with Crippen LogP contribution in [0.2, 0.25) is 0 Å². The zero-order chi connectivity index (χ0) is 23.1. The molecule has 4 rings (SSSR count). The van der Waals surface area contributed by atoms with Crippen molar-refractivity contribution in [2.24, 2.45) is 34.5 Å². The second-order valence-corrected chi connectivity index (χ2v) is 11.4. The van der Waals surface area contributed by atoms with Gasteiger partial charge in [-0.1, -0.05) is 43.7 Å². The number of rotatable bonds is 5. The monoisotopic (exact) mass is 439 g/mol. The first-order valence-electron chi connectivity index (χ1n) is 12.5. The van der Waals surface area contributed by atoms with E-state index in [0.717, 1.165) is 44.1 Å². The zero-order valence-electron chi connectivity index (χ0n) is 20.1. The van der Waals surface area contributed by atoms with E-state index in [9.17, 15) is 15.0 Å². The van der Waals surface area contributed by atoms with Gasteiger partial charge < -0.3 is 15.5 Å². The molecule has 1 aromatic carbocycles. The molecule has 0 radical (unpaired) electrons. The van der Waals surface area contributed by atoms with Gasteiger partial charge in [0.25, 0.3) is 5.91 Å². The highest BCUT2D eigenvalue weighted by molar-refractivity contribution is 5.94. The van der Waals surface area contributed by atoms with E-state index in [1.165, 1.54) is 5.57 Å². The van der Waals surface area contributed by atoms with Crippen molar-refractivity contribution in [2.75, 3.05) is 13.2 Å². The van der Waals surface area contributed by atoms with Gasteiger partial charge in [0.05, 0.1) is 6.10 Å². The summed E-state index contributed by atoms with van der Waals surface area (Å²) < 4.78 is 0. The molecule has 0 unspecified atom stereocenters. The summed E-state index contributed by atoms with van der Waals surface area (Å²) in [6, 6.07) is 7.76. The summed E-state index contributed by atoms with van der Waals surface area (Å²) in [6.45, 7) is 12.0. The Morgan fingerprint density at radius 3 is 2.53 bits per heavy atom. The Morgan fingerprint density at radius 1 is 1.12 bits per heavy atom. The average Bonchev–Trinajstić information content (AvgIpc) is 3.08. The normalized spacial score (nSPS) is 39.5. The fourth-order valence-electron chi connectivity index (χ4n) is 7.48. The lowest BCUT2D eigenvalue weighted by atomic mass is 9.49. The number of aliphatic hydroxyl groups excluding tert-OH is 2. The van der Waals surface area contributed by atoms with Crippen LogP contribution in [0.5, 0.6) is 0 Å². The summed E-state index contributed by atoms with van der Waals surface area (Å²) in [5.41, 5.74) is 3.37. The first kappa shape index (κ1) is 23.5. The molecule has 3 saturated carbocycles. The second-order valence-electron chi connectivity index (χ2n) is 11.4. The number of fused-ring (bicyclic) bond motifs is 1. The number of benzene rings is 1. The minimum absolute atomic E-state index is 0.00391. The molecule has 1 aromatic rings. The first-order chi connectivity index (χ1) is 15.2. The van der Waals surface area contributed by atoms with Gasteiger partial charge in [0.15, 0.2) is 0 Å². The van der Waals surface area contributed by atoms with Gasteiger partial charge in [0, 0.05) is 18.7 Å². The standard InChI is InChI=1S/C28H41NO3/c1-18-5-8-20(9-6-18)26(32)29-16-23-24-10-7-19(2)27(24,3)14-12-25(23)28(4)13-11-22(31)15-21(28)17-30/h5-6,8-9,21-25,30-31H,2,7,10-17H2,1,3-4H3,(H,29,32)/t21-,22+,23+,24+,25+,27-,28-/m1/s1. The predicted molar refractivity (Wildman–Crippen MR) is 128 cm³/mol. The zero-order valence-corrected chi connectivity index (χ0v) is 20.1. The molecule has 0 heterocycles. The van der Waals surface area contributed by atoms with Crippen molar-refractivity contribution >= 4 is 5.91 Å². The van der Waals surface area contributed by atoms with Crippen LogP contribution in [0.4, 0.5) is 0 Å². The SMILES string of the molecule is C=C1CC[C@H]2[C@H](CNC(=O)c3ccc(C)cc3)[C@@H]([C@]3(C)CC[C@H](O)C[C@@H]3CO)CC[C@]12C. The number of aliphatic hydroxyl groups is 2. The predicted octanol–water partition coefficient (Wildman–Crippen LogP) is 4.88. The maximum absolute atomic E-state index is 13.0. The van der Waals surface area contributed by atoms with E-state index in [-0.39, 0.29) is 35.4 Å². The van der Waals surface area contributed by atoms with Crippen LogP contribution in [0.1, 0.15) is 74.7 Å². The van der Waals surface area contributed by atoms with Crippen molar-refractivity contribution < 1.29 is 15.0 Å². The second kappa shape index (κ2) is 8.95. The molecule has 3 aliphatic rings. The van der Waals surface area contributed by atoms with Gasteiger partial charge in [-0.3, -0.25) is 4.79 Å². The first-order valence-corrected chi connectivity index (χ1v) is 12.5. The third kappa shape index (κ3) is 4.05. The van der Waals surface area contributed by atoms with Crippen molar-refractivity contribution in [3.63, 3.8) is 0 Å². The number of carbonyl (C=O) groups excluding carboxylic acids is 1. The lowest BCUT2D eigenvalue weighted by Crippen LogP contribution is -2.53. The molecular formula is C28H41NO3. The molecule has 32 heavy (non-hydrogen) atoms. The van der Waals surface area contributed by atoms with Crippen LogP contribution in [-0.4, -0.2) is 35.4 Å². The number of nitrogens with one attached hydrogen (secondary N) is 1. The van der Waals surface area contributed by atoms with Crippen molar-refractivity contribution in [1.29, 1.82) is 0 Å². The molecule has 3 N–H and O–H groups in total. The van der Waals surface area contributed by atoms with Gasteiger partial charge in [-0.15, -0.1) is 0 Å². The summed E-state index contributed by atoms with van der Waals surface area (Å²) >= 11 is 0. The minimum Gasteiger partial charge on any atom is -0.396 e. The van der Waals surface area contributed by atoms with E-state index >= 15 is 0 Å². The third-order valence-electron chi connectivity index (χ3n) is 9.78. The van der Waals surface area contributed by atoms with Crippen LogP contribution in [0.25, 0.3) is 0 Å². The fourth-order valence-corrected chi connectivity index (χ4v) is 7.48. The molecule has 4 nitrogen and oxygen atoms in total. The molecule has 0 aromatic heterocycles. The Kier molecular flexibility index (Phi) is 6.57. The summed E-state index contributed by atoms with van der Waals surface area (Å²) in [5, 5.41) is 23.8. The molecule has 3 fully saturated rings. The molecule has 4 heteroatoms. The highest BCUT2D eigenvalue weighted by atomic mass is 16.3. The molecular weight excluding hydrogens is 398 g/mol. The maximum atomic E-state index is 13.0. The molecule has 0 aliphatic heterocycles. The Bertz CT molecular complexity index is 849. The van der Waals surface area contributed by atoms with E-state index < -0.39 is 0 Å². The van der Waals surface area contributed by atoms with Gasteiger partial charge in [-0.2, -0.15) is 0 Å². The molecule has 0 bridgehead atoms. The van der Waals surface area contributed by atoms with Crippen LogP contribution >= 0.6 is 0 Å². The molecule has 1 amide bonds. The topological polar surface area (TPSA) is 69.6 Å². The largest absolute Gasteiger partial charge is 0.396 e. The van der Waals surface area contributed by atoms with Gasteiger partial charge in [-0.05, 0) is 98.5 Å². The highest BCUT2D eigenvalue weighted by Crippen LogP contribution is 2.63. The van der Waals surface area contributed by atoms with E-state index in [1.807, 2.05) is 31.2 Å².